The first-order valence-electron chi connectivity index (χ1n) is 5.09. The lowest BCUT2D eigenvalue weighted by molar-refractivity contribution is 0.0737. The van der Waals surface area contributed by atoms with Gasteiger partial charge in [0.2, 0.25) is 0 Å². The highest BCUT2D eigenvalue weighted by atomic mass is 35.5. The van der Waals surface area contributed by atoms with Gasteiger partial charge in [0.15, 0.2) is 4.47 Å². The number of nitrogens with zero attached hydrogens (tertiary/aromatic N) is 1. The highest BCUT2D eigenvalue weighted by Gasteiger charge is 2.18. The van der Waals surface area contributed by atoms with Gasteiger partial charge in [0.05, 0.1) is 5.69 Å². The van der Waals surface area contributed by atoms with Crippen LogP contribution in [0, 0.1) is 13.8 Å². The Morgan fingerprint density at radius 2 is 2.06 bits per heavy atom. The maximum absolute atomic E-state index is 12.0. The smallest absolute Gasteiger partial charge is 0.355 e. The lowest BCUT2D eigenvalue weighted by atomic mass is 10.2. The largest absolute Gasteiger partial charge is 0.422 e. The van der Waals surface area contributed by atoms with Gasteiger partial charge in [0.1, 0.15) is 10.6 Å². The second-order valence-corrected chi connectivity index (χ2v) is 5.62. The summed E-state index contributed by atoms with van der Waals surface area (Å²) in [5.74, 6) is -0.0290. The molecule has 3 nitrogen and oxygen atoms in total. The topological polar surface area (TPSA) is 39.2 Å². The van der Waals surface area contributed by atoms with Gasteiger partial charge in [-0.15, -0.1) is 0 Å². The second-order valence-electron chi connectivity index (χ2n) is 3.63. The van der Waals surface area contributed by atoms with Crippen LogP contribution in [0.4, 0.5) is 0 Å². The third-order valence-electron chi connectivity index (χ3n) is 2.38. The lowest BCUT2D eigenvalue weighted by Gasteiger charge is -2.07. The Labute approximate surface area is 118 Å². The van der Waals surface area contributed by atoms with Crippen LogP contribution in [0.25, 0.3) is 0 Å². The van der Waals surface area contributed by atoms with Crippen molar-refractivity contribution >= 4 is 40.5 Å². The number of ether oxygens (including phenoxy) is 1. The predicted octanol–water partition coefficient (Wildman–Crippen LogP) is 4.29. The molecule has 2 rings (SSSR count). The Bertz CT molecular complexity index is 610. The third-order valence-corrected chi connectivity index (χ3v) is 4.03. The number of aryl methyl sites for hydroxylation is 1. The summed E-state index contributed by atoms with van der Waals surface area (Å²) in [6, 6.07) is 5.16. The van der Waals surface area contributed by atoms with Crippen LogP contribution >= 0.6 is 34.5 Å². The Balaban J connectivity index is 2.27. The molecule has 0 saturated carbocycles. The van der Waals surface area contributed by atoms with Gasteiger partial charge in [-0.25, -0.2) is 9.78 Å². The highest BCUT2D eigenvalue weighted by Crippen LogP contribution is 2.28. The summed E-state index contributed by atoms with van der Waals surface area (Å²) in [6.45, 7) is 3.50. The molecule has 1 aromatic carbocycles. The summed E-state index contributed by atoms with van der Waals surface area (Å²) in [4.78, 5) is 16.3. The molecule has 0 radical (unpaired) electrons. The molecule has 0 saturated heterocycles. The molecule has 0 spiro atoms. The molecule has 0 fully saturated rings. The van der Waals surface area contributed by atoms with Crippen molar-refractivity contribution in [2.24, 2.45) is 0 Å². The fourth-order valence-corrected chi connectivity index (χ4v) is 2.59. The van der Waals surface area contributed by atoms with Gasteiger partial charge in [-0.1, -0.05) is 40.6 Å². The van der Waals surface area contributed by atoms with E-state index >= 15 is 0 Å². The average Bonchev–Trinajstić information content (AvgIpc) is 2.64. The summed E-state index contributed by atoms with van der Waals surface area (Å²) >= 11 is 12.8. The van der Waals surface area contributed by atoms with E-state index in [1.165, 1.54) is 0 Å². The quantitative estimate of drug-likeness (QED) is 0.614. The molecule has 1 aromatic heterocycles. The lowest BCUT2D eigenvalue weighted by Crippen LogP contribution is -2.09. The molecule has 18 heavy (non-hydrogen) atoms. The van der Waals surface area contributed by atoms with E-state index in [0.29, 0.717) is 25.8 Å². The minimum absolute atomic E-state index is 0.322. The van der Waals surface area contributed by atoms with Gasteiger partial charge in [-0.3, -0.25) is 0 Å². The molecular weight excluding hydrogens is 293 g/mol. The Morgan fingerprint density at radius 1 is 1.33 bits per heavy atom. The molecule has 0 aliphatic heterocycles. The van der Waals surface area contributed by atoms with Crippen LogP contribution in [-0.4, -0.2) is 11.0 Å². The highest BCUT2D eigenvalue weighted by molar-refractivity contribution is 7.17. The molecule has 0 atom stereocenters. The number of aromatic nitrogens is 1. The number of halogens is 2. The van der Waals surface area contributed by atoms with Gasteiger partial charge >= 0.3 is 5.97 Å². The number of hydrogen-bond acceptors (Lipinski definition) is 4. The zero-order valence-electron chi connectivity index (χ0n) is 9.66. The van der Waals surface area contributed by atoms with Gasteiger partial charge in [0.25, 0.3) is 0 Å². The van der Waals surface area contributed by atoms with Crippen molar-refractivity contribution in [2.45, 2.75) is 13.8 Å². The van der Waals surface area contributed by atoms with Crippen molar-refractivity contribution in [1.82, 2.24) is 4.98 Å². The second kappa shape index (κ2) is 5.26. The molecule has 2 aromatic rings. The zero-order chi connectivity index (χ0) is 13.3. The van der Waals surface area contributed by atoms with Crippen molar-refractivity contribution in [3.05, 3.63) is 43.8 Å². The van der Waals surface area contributed by atoms with E-state index in [2.05, 4.69) is 4.98 Å². The van der Waals surface area contributed by atoms with Gasteiger partial charge < -0.3 is 4.74 Å². The predicted molar refractivity (Wildman–Crippen MR) is 73.0 cm³/mol. The van der Waals surface area contributed by atoms with Crippen LogP contribution in [0.2, 0.25) is 9.49 Å². The first-order valence-corrected chi connectivity index (χ1v) is 6.66. The van der Waals surface area contributed by atoms with E-state index in [4.69, 9.17) is 27.9 Å². The maximum atomic E-state index is 12.0. The number of esters is 1. The minimum Gasteiger partial charge on any atom is -0.422 e. The number of hydrogen-bond donors (Lipinski definition) is 0. The average molecular weight is 302 g/mol. The number of rotatable bonds is 2. The van der Waals surface area contributed by atoms with E-state index in [0.717, 1.165) is 16.9 Å². The molecule has 1 heterocycles. The normalized spacial score (nSPS) is 10.4. The molecule has 6 heteroatoms. The number of benzene rings is 1. The first-order chi connectivity index (χ1) is 8.49. The zero-order valence-corrected chi connectivity index (χ0v) is 12.0. The van der Waals surface area contributed by atoms with Crippen LogP contribution in [0.5, 0.6) is 5.75 Å². The number of thiazole rings is 1. The van der Waals surface area contributed by atoms with E-state index in [9.17, 15) is 4.79 Å². The van der Waals surface area contributed by atoms with Crippen molar-refractivity contribution < 1.29 is 9.53 Å². The summed E-state index contributed by atoms with van der Waals surface area (Å²) in [6.07, 6.45) is 0. The fraction of sp³-hybridized carbons (Fsp3) is 0.167. The van der Waals surface area contributed by atoms with Gasteiger partial charge in [0, 0.05) is 10.6 Å². The standard InChI is InChI=1S/C12H9Cl2NO2S/c1-6-8(13)4-3-5-9(6)17-11(16)10-7(2)15-12(14)18-10/h3-5H,1-2H3. The van der Waals surface area contributed by atoms with Crippen LogP contribution in [0.3, 0.4) is 0 Å². The molecule has 0 bridgehead atoms. The van der Waals surface area contributed by atoms with Gasteiger partial charge in [-0.2, -0.15) is 0 Å². The summed E-state index contributed by atoms with van der Waals surface area (Å²) in [5.41, 5.74) is 1.29. The van der Waals surface area contributed by atoms with Crippen LogP contribution in [-0.2, 0) is 0 Å². The summed E-state index contributed by atoms with van der Waals surface area (Å²) in [5, 5.41) is 0.555. The van der Waals surface area contributed by atoms with E-state index in [-0.39, 0.29) is 0 Å². The van der Waals surface area contributed by atoms with Crippen molar-refractivity contribution in [1.29, 1.82) is 0 Å². The van der Waals surface area contributed by atoms with E-state index in [1.807, 2.05) is 0 Å². The molecule has 0 N–H and O–H groups in total. The molecule has 0 amide bonds. The molecule has 0 aliphatic carbocycles. The number of carbonyl (C=O) groups is 1. The maximum Gasteiger partial charge on any atom is 0.355 e. The Kier molecular flexibility index (Phi) is 3.90. The molecule has 0 unspecified atom stereocenters. The van der Waals surface area contributed by atoms with Crippen molar-refractivity contribution in [2.75, 3.05) is 0 Å². The van der Waals surface area contributed by atoms with Crippen LogP contribution in [0.15, 0.2) is 18.2 Å². The van der Waals surface area contributed by atoms with Crippen LogP contribution in [0.1, 0.15) is 20.9 Å². The molecule has 0 aliphatic rings. The Morgan fingerprint density at radius 3 is 2.67 bits per heavy atom. The monoisotopic (exact) mass is 301 g/mol. The number of carbonyl (C=O) groups excluding carboxylic acids is 1. The molecule has 94 valence electrons. The van der Waals surface area contributed by atoms with Crippen LogP contribution < -0.4 is 4.74 Å². The van der Waals surface area contributed by atoms with Crippen molar-refractivity contribution in [3.8, 4) is 5.75 Å². The van der Waals surface area contributed by atoms with E-state index < -0.39 is 5.97 Å². The fourth-order valence-electron chi connectivity index (χ4n) is 1.40. The third kappa shape index (κ3) is 2.66. The van der Waals surface area contributed by atoms with Crippen molar-refractivity contribution in [3.63, 3.8) is 0 Å². The molecular formula is C12H9Cl2NO2S. The van der Waals surface area contributed by atoms with E-state index in [1.54, 1.807) is 32.0 Å². The summed E-state index contributed by atoms with van der Waals surface area (Å²) < 4.78 is 5.62. The first kappa shape index (κ1) is 13.3. The summed E-state index contributed by atoms with van der Waals surface area (Å²) in [7, 11) is 0. The SMILES string of the molecule is Cc1nc(Cl)sc1C(=O)Oc1cccc(Cl)c1C. The Hall–Kier alpha value is -1.10. The van der Waals surface area contributed by atoms with Gasteiger partial charge in [-0.05, 0) is 26.0 Å². The minimum atomic E-state index is -0.470.